The normalized spacial score (nSPS) is 45.3. The van der Waals surface area contributed by atoms with E-state index >= 15 is 0 Å². The summed E-state index contributed by atoms with van der Waals surface area (Å²) in [6, 6.07) is 0. The Morgan fingerprint density at radius 1 is 1.15 bits per heavy atom. The Bertz CT molecular complexity index is 1390. The smallest absolute Gasteiger partial charge is 0.316 e. The molecule has 4 aliphatic heterocycles. The molecule has 48 heavy (non-hydrogen) atoms. The second-order valence-electron chi connectivity index (χ2n) is 14.9. The van der Waals surface area contributed by atoms with Crippen LogP contribution in [0.1, 0.15) is 81.1 Å². The highest BCUT2D eigenvalue weighted by Crippen LogP contribution is 2.48. The number of rotatable bonds is 3. The zero-order valence-electron chi connectivity index (χ0n) is 29.5. The minimum Gasteiger partial charge on any atom is -0.462 e. The minimum absolute atomic E-state index is 0.0199. The summed E-state index contributed by atoms with van der Waals surface area (Å²) >= 11 is 0. The fourth-order valence-corrected chi connectivity index (χ4v) is 7.85. The van der Waals surface area contributed by atoms with Crippen LogP contribution in [0.5, 0.6) is 0 Å². The molecule has 0 unspecified atom stereocenters. The maximum Gasteiger partial charge on any atom is 0.316 e. The standard InChI is InChI=1S/C38H54O10/c1-9-23(6)31-25(8)32(46-35(41)20(2)3)33(40)37(48-31)18-28-17-27(47-37)14-13-22(5)15-21(4)11-10-12-26-19-44-34-30(39)24(7)16-29(36(42)45-28)38(26,34)43/h9-13,16,20-21,25,27-34,39-40,43H,14-15,17-19H2,1-8H3/b11-10+,22-13+,23-9+,26-12+/t21-,25+,27+,28+,29-,30+,31+,32-,33+,34+,37-,38+/m0/s1. The van der Waals surface area contributed by atoms with Crippen LogP contribution in [0.4, 0.5) is 0 Å². The molecule has 10 heteroatoms. The number of esters is 2. The van der Waals surface area contributed by atoms with Gasteiger partial charge in [0.25, 0.3) is 0 Å². The monoisotopic (exact) mass is 670 g/mol. The van der Waals surface area contributed by atoms with Crippen LogP contribution in [-0.4, -0.2) is 88.0 Å². The lowest BCUT2D eigenvalue weighted by Crippen LogP contribution is -2.67. The van der Waals surface area contributed by atoms with E-state index in [1.165, 1.54) is 0 Å². The lowest BCUT2D eigenvalue weighted by molar-refractivity contribution is -0.380. The van der Waals surface area contributed by atoms with E-state index in [4.69, 9.17) is 23.7 Å². The van der Waals surface area contributed by atoms with Crippen molar-refractivity contribution in [3.8, 4) is 0 Å². The first-order valence-corrected chi connectivity index (χ1v) is 17.4. The maximum atomic E-state index is 14.2. The summed E-state index contributed by atoms with van der Waals surface area (Å²) in [5, 5.41) is 35.2. The Labute approximate surface area is 284 Å². The zero-order valence-corrected chi connectivity index (χ0v) is 29.5. The molecular weight excluding hydrogens is 616 g/mol. The molecule has 266 valence electrons. The first-order valence-electron chi connectivity index (χ1n) is 17.4. The summed E-state index contributed by atoms with van der Waals surface area (Å²) in [4.78, 5) is 27.1. The molecule has 5 rings (SSSR count). The van der Waals surface area contributed by atoms with Crippen LogP contribution in [0.15, 0.2) is 58.7 Å². The van der Waals surface area contributed by atoms with E-state index in [1.54, 1.807) is 32.9 Å². The van der Waals surface area contributed by atoms with Crippen LogP contribution < -0.4 is 0 Å². The minimum atomic E-state index is -1.82. The van der Waals surface area contributed by atoms with E-state index in [9.17, 15) is 24.9 Å². The molecule has 4 heterocycles. The van der Waals surface area contributed by atoms with Crippen molar-refractivity contribution in [2.45, 2.75) is 135 Å². The molecule has 3 N–H and O–H groups in total. The molecule has 0 aromatic rings. The molecule has 0 amide bonds. The molecule has 1 aliphatic carbocycles. The molecule has 10 nitrogen and oxygen atoms in total. The van der Waals surface area contributed by atoms with Gasteiger partial charge in [0.15, 0.2) is 0 Å². The molecule has 0 aromatic carbocycles. The number of carbonyl (C=O) groups excluding carboxylic acids is 2. The van der Waals surface area contributed by atoms with Gasteiger partial charge in [-0.25, -0.2) is 0 Å². The Kier molecular flexibility index (Phi) is 10.9. The van der Waals surface area contributed by atoms with Crippen molar-refractivity contribution in [3.05, 3.63) is 58.7 Å². The first-order chi connectivity index (χ1) is 22.6. The molecule has 0 saturated carbocycles. The third-order valence-electron chi connectivity index (χ3n) is 10.8. The SMILES string of the molecule is C/C=C(\C)[C@H]1O[C@@]2(C[C@H]3C[C@@H](C/C=C(\C)C[C@@H](C)/C=C/C=C4\CO[C@@H]5[C@H](O)C(C)=C[C@@H](C(=O)O3)[C@]45O)O2)[C@H](O)[C@@H](OC(=O)C(C)C)[C@@H]1C. The van der Waals surface area contributed by atoms with Gasteiger partial charge in [0, 0.05) is 18.8 Å². The molecule has 0 aromatic heterocycles. The Morgan fingerprint density at radius 3 is 2.56 bits per heavy atom. The highest BCUT2D eigenvalue weighted by atomic mass is 16.7. The van der Waals surface area contributed by atoms with Gasteiger partial charge in [0.05, 0.1) is 24.7 Å². The van der Waals surface area contributed by atoms with Crippen molar-refractivity contribution in [3.63, 3.8) is 0 Å². The molecule has 3 saturated heterocycles. The third-order valence-corrected chi connectivity index (χ3v) is 10.8. The lowest BCUT2D eigenvalue weighted by Gasteiger charge is -2.54. The summed E-state index contributed by atoms with van der Waals surface area (Å²) in [7, 11) is 0. The predicted molar refractivity (Wildman–Crippen MR) is 178 cm³/mol. The number of ether oxygens (including phenoxy) is 5. The molecular formula is C38H54O10. The van der Waals surface area contributed by atoms with Gasteiger partial charge in [-0.1, -0.05) is 69.7 Å². The van der Waals surface area contributed by atoms with E-state index in [2.05, 4.69) is 19.9 Å². The quantitative estimate of drug-likeness (QED) is 0.288. The number of hydrogen-bond donors (Lipinski definition) is 3. The van der Waals surface area contributed by atoms with Crippen molar-refractivity contribution in [1.29, 1.82) is 0 Å². The van der Waals surface area contributed by atoms with Gasteiger partial charge < -0.3 is 39.0 Å². The zero-order chi connectivity index (χ0) is 35.1. The number of aliphatic hydroxyl groups is 3. The summed E-state index contributed by atoms with van der Waals surface area (Å²) < 4.78 is 31.5. The van der Waals surface area contributed by atoms with E-state index in [0.717, 1.165) is 17.6 Å². The topological polar surface area (TPSA) is 141 Å². The van der Waals surface area contributed by atoms with Gasteiger partial charge in [-0.3, -0.25) is 9.59 Å². The van der Waals surface area contributed by atoms with Gasteiger partial charge in [-0.2, -0.15) is 0 Å². The maximum absolute atomic E-state index is 14.2. The Morgan fingerprint density at radius 2 is 1.88 bits per heavy atom. The van der Waals surface area contributed by atoms with Gasteiger partial charge >= 0.3 is 11.9 Å². The van der Waals surface area contributed by atoms with Crippen molar-refractivity contribution in [2.75, 3.05) is 6.61 Å². The summed E-state index contributed by atoms with van der Waals surface area (Å²) in [6.07, 6.45) is 6.59. The molecule has 2 bridgehead atoms. The van der Waals surface area contributed by atoms with Crippen molar-refractivity contribution < 1.29 is 48.6 Å². The highest BCUT2D eigenvalue weighted by Gasteiger charge is 2.62. The van der Waals surface area contributed by atoms with E-state index < -0.39 is 83.8 Å². The number of hydrogen-bond acceptors (Lipinski definition) is 10. The Hall–Kier alpha value is -2.60. The Balaban J connectivity index is 1.57. The van der Waals surface area contributed by atoms with Gasteiger partial charge in [0.1, 0.15) is 42.0 Å². The largest absolute Gasteiger partial charge is 0.462 e. The molecule has 0 radical (unpaired) electrons. The molecule has 1 spiro atoms. The van der Waals surface area contributed by atoms with E-state index in [0.29, 0.717) is 24.0 Å². The molecule has 12 atom stereocenters. The van der Waals surface area contributed by atoms with Gasteiger partial charge in [0.2, 0.25) is 5.79 Å². The average molecular weight is 671 g/mol. The van der Waals surface area contributed by atoms with Crippen molar-refractivity contribution in [2.24, 2.45) is 23.7 Å². The van der Waals surface area contributed by atoms with Crippen LogP contribution >= 0.6 is 0 Å². The number of aliphatic hydroxyl groups excluding tert-OH is 2. The second-order valence-corrected chi connectivity index (χ2v) is 14.9. The molecule has 3 fully saturated rings. The second kappa shape index (κ2) is 14.3. The predicted octanol–water partition coefficient (Wildman–Crippen LogP) is 4.63. The average Bonchev–Trinajstić information content (AvgIpc) is 3.37. The van der Waals surface area contributed by atoms with Crippen LogP contribution in [0.2, 0.25) is 0 Å². The van der Waals surface area contributed by atoms with Crippen molar-refractivity contribution in [1.82, 2.24) is 0 Å². The van der Waals surface area contributed by atoms with E-state index in [-0.39, 0.29) is 18.9 Å². The van der Waals surface area contributed by atoms with Crippen LogP contribution in [0, 0.1) is 23.7 Å². The van der Waals surface area contributed by atoms with Crippen LogP contribution in [-0.2, 0) is 33.3 Å². The first kappa shape index (κ1) is 36.7. The highest BCUT2D eigenvalue weighted by molar-refractivity contribution is 5.78. The van der Waals surface area contributed by atoms with E-state index in [1.807, 2.05) is 39.0 Å². The van der Waals surface area contributed by atoms with Crippen LogP contribution in [0.3, 0.4) is 0 Å². The lowest BCUT2D eigenvalue weighted by atomic mass is 9.71. The molecule has 5 aliphatic rings. The number of carbonyl (C=O) groups is 2. The van der Waals surface area contributed by atoms with Crippen LogP contribution in [0.25, 0.3) is 0 Å². The van der Waals surface area contributed by atoms with Gasteiger partial charge in [-0.05, 0) is 63.2 Å². The number of fused-ring (bicyclic) bond motifs is 2. The fraction of sp³-hybridized carbons (Fsp3) is 0.684. The summed E-state index contributed by atoms with van der Waals surface area (Å²) in [6.45, 7) is 15.1. The fourth-order valence-electron chi connectivity index (χ4n) is 7.85. The summed E-state index contributed by atoms with van der Waals surface area (Å²) in [5.74, 6) is -4.54. The van der Waals surface area contributed by atoms with Gasteiger partial charge in [-0.15, -0.1) is 0 Å². The summed E-state index contributed by atoms with van der Waals surface area (Å²) in [5.41, 5.74) is 1.21. The third kappa shape index (κ3) is 6.89. The van der Waals surface area contributed by atoms with Crippen molar-refractivity contribution >= 4 is 11.9 Å². The number of allylic oxidation sites excluding steroid dienone is 5.